The third-order valence-electron chi connectivity index (χ3n) is 3.13. The first-order chi connectivity index (χ1) is 8.13. The van der Waals surface area contributed by atoms with E-state index in [0.717, 1.165) is 29.8 Å². The number of benzene rings is 1. The van der Waals surface area contributed by atoms with E-state index < -0.39 is 0 Å². The first kappa shape index (κ1) is 13.2. The van der Waals surface area contributed by atoms with Crippen LogP contribution in [0.25, 0.3) is 0 Å². The molecule has 1 heterocycles. The highest BCUT2D eigenvalue weighted by Gasteiger charge is 2.26. The quantitative estimate of drug-likeness (QED) is 0.869. The Bertz CT molecular complexity index is 411. The molecule has 17 heavy (non-hydrogen) atoms. The fourth-order valence-electron chi connectivity index (χ4n) is 2.31. The Morgan fingerprint density at radius 1 is 1.53 bits per heavy atom. The molecule has 0 aromatic heterocycles. The summed E-state index contributed by atoms with van der Waals surface area (Å²) >= 11 is 8.04. The Morgan fingerprint density at radius 2 is 2.29 bits per heavy atom. The smallest absolute Gasteiger partial charge is 0.128 e. The molecule has 0 aliphatic carbocycles. The highest BCUT2D eigenvalue weighted by Crippen LogP contribution is 2.39. The minimum atomic E-state index is -0.134. The minimum Gasteiger partial charge on any atom is -0.310 e. The van der Waals surface area contributed by atoms with E-state index in [1.165, 1.54) is 6.07 Å². The zero-order chi connectivity index (χ0) is 12.4. The van der Waals surface area contributed by atoms with Crippen LogP contribution in [0.15, 0.2) is 12.1 Å². The van der Waals surface area contributed by atoms with Crippen LogP contribution in [-0.2, 0) is 5.75 Å². The Kier molecular flexibility index (Phi) is 4.34. The third kappa shape index (κ3) is 2.78. The molecule has 1 aliphatic heterocycles. The second-order valence-electron chi connectivity index (χ2n) is 4.39. The van der Waals surface area contributed by atoms with Crippen molar-refractivity contribution in [3.8, 4) is 0 Å². The number of rotatable bonds is 2. The van der Waals surface area contributed by atoms with Gasteiger partial charge in [-0.25, -0.2) is 4.39 Å². The monoisotopic (exact) mass is 273 g/mol. The lowest BCUT2D eigenvalue weighted by atomic mass is 9.97. The first-order valence-corrected chi connectivity index (χ1v) is 7.38. The van der Waals surface area contributed by atoms with E-state index in [-0.39, 0.29) is 11.9 Å². The number of hydrogen-bond acceptors (Lipinski definition) is 2. The SMILES string of the molecule is CCNC1CC(C)SCc2c(Cl)ccc(F)c21. The van der Waals surface area contributed by atoms with Crippen molar-refractivity contribution in [2.75, 3.05) is 6.54 Å². The summed E-state index contributed by atoms with van der Waals surface area (Å²) in [4.78, 5) is 0. The lowest BCUT2D eigenvalue weighted by Gasteiger charge is -2.20. The molecular weight excluding hydrogens is 257 g/mol. The lowest BCUT2D eigenvalue weighted by Crippen LogP contribution is -2.24. The van der Waals surface area contributed by atoms with E-state index in [1.807, 2.05) is 18.7 Å². The van der Waals surface area contributed by atoms with Crippen LogP contribution >= 0.6 is 23.4 Å². The Labute approximate surface area is 111 Å². The first-order valence-electron chi connectivity index (χ1n) is 5.95. The highest BCUT2D eigenvalue weighted by atomic mass is 35.5. The Balaban J connectivity index is 2.47. The van der Waals surface area contributed by atoms with Gasteiger partial charge in [0, 0.05) is 27.6 Å². The molecule has 4 heteroatoms. The van der Waals surface area contributed by atoms with E-state index >= 15 is 0 Å². The van der Waals surface area contributed by atoms with Gasteiger partial charge in [0.2, 0.25) is 0 Å². The molecule has 1 aliphatic rings. The molecule has 0 amide bonds. The normalized spacial score (nSPS) is 24.2. The van der Waals surface area contributed by atoms with Crippen LogP contribution in [0.5, 0.6) is 0 Å². The van der Waals surface area contributed by atoms with E-state index in [0.29, 0.717) is 10.3 Å². The molecule has 2 atom stereocenters. The van der Waals surface area contributed by atoms with Gasteiger partial charge in [0.15, 0.2) is 0 Å². The van der Waals surface area contributed by atoms with Crippen LogP contribution < -0.4 is 5.32 Å². The van der Waals surface area contributed by atoms with E-state index in [9.17, 15) is 4.39 Å². The van der Waals surface area contributed by atoms with E-state index in [4.69, 9.17) is 11.6 Å². The highest BCUT2D eigenvalue weighted by molar-refractivity contribution is 7.99. The van der Waals surface area contributed by atoms with Gasteiger partial charge in [0.25, 0.3) is 0 Å². The van der Waals surface area contributed by atoms with Crippen LogP contribution in [0, 0.1) is 5.82 Å². The van der Waals surface area contributed by atoms with Crippen molar-refractivity contribution < 1.29 is 4.39 Å². The van der Waals surface area contributed by atoms with Gasteiger partial charge in [-0.3, -0.25) is 0 Å². The van der Waals surface area contributed by atoms with Crippen molar-refractivity contribution in [2.45, 2.75) is 37.3 Å². The van der Waals surface area contributed by atoms with Crippen molar-refractivity contribution in [2.24, 2.45) is 0 Å². The van der Waals surface area contributed by atoms with Crippen LogP contribution in [-0.4, -0.2) is 11.8 Å². The predicted octanol–water partition coefficient (Wildman–Crippen LogP) is 4.16. The van der Waals surface area contributed by atoms with Crippen molar-refractivity contribution in [1.29, 1.82) is 0 Å². The van der Waals surface area contributed by atoms with Gasteiger partial charge in [-0.2, -0.15) is 11.8 Å². The summed E-state index contributed by atoms with van der Waals surface area (Å²) in [5, 5.41) is 4.57. The van der Waals surface area contributed by atoms with Gasteiger partial charge in [0.05, 0.1) is 0 Å². The second-order valence-corrected chi connectivity index (χ2v) is 6.22. The van der Waals surface area contributed by atoms with E-state index in [2.05, 4.69) is 12.2 Å². The third-order valence-corrected chi connectivity index (χ3v) is 4.70. The second kappa shape index (κ2) is 5.59. The van der Waals surface area contributed by atoms with E-state index in [1.54, 1.807) is 6.07 Å². The maximum Gasteiger partial charge on any atom is 0.128 e. The summed E-state index contributed by atoms with van der Waals surface area (Å²) in [6, 6.07) is 3.22. The maximum absolute atomic E-state index is 14.0. The largest absolute Gasteiger partial charge is 0.310 e. The molecule has 0 spiro atoms. The van der Waals surface area contributed by atoms with Gasteiger partial charge < -0.3 is 5.32 Å². The zero-order valence-electron chi connectivity index (χ0n) is 10.1. The fourth-order valence-corrected chi connectivity index (χ4v) is 3.71. The van der Waals surface area contributed by atoms with Crippen LogP contribution in [0.4, 0.5) is 4.39 Å². The molecule has 1 N–H and O–H groups in total. The summed E-state index contributed by atoms with van der Waals surface area (Å²) in [6.07, 6.45) is 0.947. The van der Waals surface area contributed by atoms with Crippen molar-refractivity contribution in [3.05, 3.63) is 34.1 Å². The standard InChI is InChI=1S/C13H17ClFNS/c1-3-16-12-6-8(2)17-7-9-10(14)4-5-11(15)13(9)12/h4-5,8,12,16H,3,6-7H2,1-2H3. The average Bonchev–Trinajstić information content (AvgIpc) is 2.45. The van der Waals surface area contributed by atoms with Crippen molar-refractivity contribution in [1.82, 2.24) is 5.32 Å². The lowest BCUT2D eigenvalue weighted by molar-refractivity contribution is 0.485. The molecule has 1 aromatic carbocycles. The summed E-state index contributed by atoms with van der Waals surface area (Å²) in [5.74, 6) is 0.666. The van der Waals surface area contributed by atoms with Crippen molar-refractivity contribution in [3.63, 3.8) is 0 Å². The van der Waals surface area contributed by atoms with Crippen LogP contribution in [0.1, 0.15) is 37.4 Å². The van der Waals surface area contributed by atoms with Crippen LogP contribution in [0.3, 0.4) is 0 Å². The minimum absolute atomic E-state index is 0.0821. The molecule has 2 unspecified atom stereocenters. The molecule has 94 valence electrons. The average molecular weight is 274 g/mol. The molecule has 1 aromatic rings. The van der Waals surface area contributed by atoms with Crippen LogP contribution in [0.2, 0.25) is 5.02 Å². The molecule has 0 radical (unpaired) electrons. The number of thioether (sulfide) groups is 1. The van der Waals surface area contributed by atoms with Gasteiger partial charge in [0.1, 0.15) is 5.82 Å². The summed E-state index contributed by atoms with van der Waals surface area (Å²) < 4.78 is 14.0. The van der Waals surface area contributed by atoms with Gasteiger partial charge in [-0.05, 0) is 30.7 Å². The number of hydrogen-bond donors (Lipinski definition) is 1. The molecule has 0 saturated heterocycles. The van der Waals surface area contributed by atoms with Gasteiger partial charge in [-0.1, -0.05) is 25.4 Å². The van der Waals surface area contributed by atoms with Gasteiger partial charge >= 0.3 is 0 Å². The Hall–Kier alpha value is -0.250. The molecule has 0 bridgehead atoms. The molecule has 0 saturated carbocycles. The number of nitrogens with one attached hydrogen (secondary N) is 1. The number of halogens is 2. The Morgan fingerprint density at radius 3 is 3.00 bits per heavy atom. The molecule has 1 nitrogen and oxygen atoms in total. The summed E-state index contributed by atoms with van der Waals surface area (Å²) in [6.45, 7) is 5.07. The maximum atomic E-state index is 14.0. The molecule has 0 fully saturated rings. The fraction of sp³-hybridized carbons (Fsp3) is 0.538. The summed E-state index contributed by atoms with van der Waals surface area (Å²) in [5.41, 5.74) is 1.74. The van der Waals surface area contributed by atoms with Gasteiger partial charge in [-0.15, -0.1) is 0 Å². The molecular formula is C13H17ClFNS. The zero-order valence-corrected chi connectivity index (χ0v) is 11.7. The topological polar surface area (TPSA) is 12.0 Å². The summed E-state index contributed by atoms with van der Waals surface area (Å²) in [7, 11) is 0. The van der Waals surface area contributed by atoms with Crippen molar-refractivity contribution >= 4 is 23.4 Å². The predicted molar refractivity (Wildman–Crippen MR) is 73.2 cm³/mol. The molecule has 2 rings (SSSR count). The number of fused-ring (bicyclic) bond motifs is 1.